The minimum atomic E-state index is -0.000745. The van der Waals surface area contributed by atoms with Gasteiger partial charge in [-0.25, -0.2) is 0 Å². The van der Waals surface area contributed by atoms with Gasteiger partial charge in [0.15, 0.2) is 0 Å². The predicted molar refractivity (Wildman–Crippen MR) is 76.0 cm³/mol. The van der Waals surface area contributed by atoms with Gasteiger partial charge in [0.1, 0.15) is 0 Å². The zero-order valence-corrected chi connectivity index (χ0v) is 11.1. The smallest absolute Gasteiger partial charge is 0.251 e. The quantitative estimate of drug-likeness (QED) is 0.515. The Bertz CT molecular complexity index is 338. The van der Waals surface area contributed by atoms with E-state index in [1.807, 2.05) is 24.3 Å². The van der Waals surface area contributed by atoms with E-state index < -0.39 is 0 Å². The number of thiol groups is 1. The molecule has 0 aliphatic heterocycles. The molecule has 4 heteroatoms. The first kappa shape index (κ1) is 13.9. The first-order valence-electron chi connectivity index (χ1n) is 6.01. The van der Waals surface area contributed by atoms with E-state index in [2.05, 4.69) is 30.2 Å². The summed E-state index contributed by atoms with van der Waals surface area (Å²) in [5.41, 5.74) is 1.72. The van der Waals surface area contributed by atoms with Crippen LogP contribution in [-0.2, 0) is 0 Å². The Morgan fingerprint density at radius 1 is 1.24 bits per heavy atom. The van der Waals surface area contributed by atoms with Gasteiger partial charge in [-0.15, -0.1) is 0 Å². The number of hydrogen-bond donors (Lipinski definition) is 3. The van der Waals surface area contributed by atoms with E-state index in [-0.39, 0.29) is 5.91 Å². The lowest BCUT2D eigenvalue weighted by atomic mass is 10.2. The monoisotopic (exact) mass is 252 g/mol. The molecule has 0 aliphatic rings. The van der Waals surface area contributed by atoms with Gasteiger partial charge in [-0.05, 0) is 30.7 Å². The standard InChI is InChI=1S/C13H20N2OS/c1-2-3-8-15-13(16)11-4-6-12(7-5-11)14-9-10-17/h4-7,14,17H,2-3,8-10H2,1H3,(H,15,16). The van der Waals surface area contributed by atoms with Crippen molar-refractivity contribution in [1.29, 1.82) is 0 Å². The molecule has 0 unspecified atom stereocenters. The normalized spacial score (nSPS) is 10.0. The maximum atomic E-state index is 11.7. The van der Waals surface area contributed by atoms with Crippen molar-refractivity contribution in [2.45, 2.75) is 19.8 Å². The molecule has 0 saturated heterocycles. The maximum absolute atomic E-state index is 11.7. The Labute approximate surface area is 108 Å². The van der Waals surface area contributed by atoms with E-state index in [1.165, 1.54) is 0 Å². The fraction of sp³-hybridized carbons (Fsp3) is 0.462. The summed E-state index contributed by atoms with van der Waals surface area (Å²) in [6.07, 6.45) is 2.11. The second kappa shape index (κ2) is 8.01. The third-order valence-electron chi connectivity index (χ3n) is 2.40. The van der Waals surface area contributed by atoms with Gasteiger partial charge in [-0.2, -0.15) is 12.6 Å². The first-order chi connectivity index (χ1) is 8.27. The zero-order valence-electron chi connectivity index (χ0n) is 10.2. The molecule has 17 heavy (non-hydrogen) atoms. The van der Waals surface area contributed by atoms with Crippen molar-refractivity contribution in [3.63, 3.8) is 0 Å². The zero-order chi connectivity index (χ0) is 12.5. The van der Waals surface area contributed by atoms with Crippen LogP contribution in [-0.4, -0.2) is 24.7 Å². The molecule has 0 spiro atoms. The molecule has 0 fully saturated rings. The van der Waals surface area contributed by atoms with Crippen LogP contribution in [0.15, 0.2) is 24.3 Å². The minimum Gasteiger partial charge on any atom is -0.384 e. The topological polar surface area (TPSA) is 41.1 Å². The summed E-state index contributed by atoms with van der Waals surface area (Å²) in [6.45, 7) is 3.67. The van der Waals surface area contributed by atoms with E-state index in [4.69, 9.17) is 0 Å². The Balaban J connectivity index is 2.46. The highest BCUT2D eigenvalue weighted by Crippen LogP contribution is 2.09. The van der Waals surface area contributed by atoms with Crippen molar-refractivity contribution >= 4 is 24.2 Å². The molecule has 2 N–H and O–H groups in total. The van der Waals surface area contributed by atoms with Gasteiger partial charge in [-0.3, -0.25) is 4.79 Å². The number of rotatable bonds is 7. The minimum absolute atomic E-state index is 0.000745. The van der Waals surface area contributed by atoms with Crippen LogP contribution in [0.2, 0.25) is 0 Å². The Kier molecular flexibility index (Phi) is 6.55. The van der Waals surface area contributed by atoms with Gasteiger partial charge in [0.2, 0.25) is 0 Å². The van der Waals surface area contributed by atoms with Gasteiger partial charge >= 0.3 is 0 Å². The average molecular weight is 252 g/mol. The lowest BCUT2D eigenvalue weighted by Gasteiger charge is -2.07. The van der Waals surface area contributed by atoms with Crippen LogP contribution in [0, 0.1) is 0 Å². The van der Waals surface area contributed by atoms with Crippen LogP contribution in [0.4, 0.5) is 5.69 Å². The van der Waals surface area contributed by atoms with Gasteiger partial charge in [0.25, 0.3) is 5.91 Å². The molecule has 0 atom stereocenters. The summed E-state index contributed by atoms with van der Waals surface area (Å²) in [6, 6.07) is 7.50. The molecule has 94 valence electrons. The number of anilines is 1. The molecule has 0 aliphatic carbocycles. The molecule has 0 saturated carbocycles. The molecular formula is C13H20N2OS. The number of benzene rings is 1. The number of amides is 1. The number of carbonyl (C=O) groups is 1. The van der Waals surface area contributed by atoms with Crippen LogP contribution in [0.1, 0.15) is 30.1 Å². The summed E-state index contributed by atoms with van der Waals surface area (Å²) in [5.74, 6) is 0.790. The first-order valence-corrected chi connectivity index (χ1v) is 6.64. The Morgan fingerprint density at radius 2 is 1.94 bits per heavy atom. The van der Waals surface area contributed by atoms with E-state index in [0.717, 1.165) is 37.4 Å². The molecule has 1 rings (SSSR count). The maximum Gasteiger partial charge on any atom is 0.251 e. The predicted octanol–water partition coefficient (Wildman–Crippen LogP) is 2.56. The second-order valence-electron chi connectivity index (χ2n) is 3.84. The largest absolute Gasteiger partial charge is 0.384 e. The van der Waals surface area contributed by atoms with E-state index in [9.17, 15) is 4.79 Å². The van der Waals surface area contributed by atoms with Gasteiger partial charge < -0.3 is 10.6 Å². The SMILES string of the molecule is CCCCNC(=O)c1ccc(NCCS)cc1. The van der Waals surface area contributed by atoms with Crippen molar-refractivity contribution in [1.82, 2.24) is 5.32 Å². The molecule has 1 aromatic rings. The molecule has 0 heterocycles. The van der Waals surface area contributed by atoms with Crippen molar-refractivity contribution in [2.24, 2.45) is 0 Å². The highest BCUT2D eigenvalue weighted by molar-refractivity contribution is 7.80. The van der Waals surface area contributed by atoms with Crippen LogP contribution < -0.4 is 10.6 Å². The van der Waals surface area contributed by atoms with Gasteiger partial charge in [0, 0.05) is 30.1 Å². The molecule has 0 bridgehead atoms. The third kappa shape index (κ3) is 5.13. The highest BCUT2D eigenvalue weighted by Gasteiger charge is 2.03. The fourth-order valence-electron chi connectivity index (χ4n) is 1.42. The second-order valence-corrected chi connectivity index (χ2v) is 4.28. The molecule has 1 amide bonds. The van der Waals surface area contributed by atoms with Crippen molar-refractivity contribution in [3.05, 3.63) is 29.8 Å². The van der Waals surface area contributed by atoms with Gasteiger partial charge in [0.05, 0.1) is 0 Å². The molecule has 1 aromatic carbocycles. The summed E-state index contributed by atoms with van der Waals surface area (Å²) in [7, 11) is 0. The summed E-state index contributed by atoms with van der Waals surface area (Å²) < 4.78 is 0. The molecular weight excluding hydrogens is 232 g/mol. The third-order valence-corrected chi connectivity index (χ3v) is 2.63. The number of unbranched alkanes of at least 4 members (excludes halogenated alkanes) is 1. The Morgan fingerprint density at radius 3 is 2.53 bits per heavy atom. The Hall–Kier alpha value is -1.16. The summed E-state index contributed by atoms with van der Waals surface area (Å²) in [4.78, 5) is 11.7. The van der Waals surface area contributed by atoms with Crippen molar-refractivity contribution in [3.8, 4) is 0 Å². The number of nitrogens with one attached hydrogen (secondary N) is 2. The number of hydrogen-bond acceptors (Lipinski definition) is 3. The van der Waals surface area contributed by atoms with E-state index in [1.54, 1.807) is 0 Å². The van der Waals surface area contributed by atoms with Crippen LogP contribution >= 0.6 is 12.6 Å². The lowest BCUT2D eigenvalue weighted by molar-refractivity contribution is 0.0953. The van der Waals surface area contributed by atoms with Crippen LogP contribution in [0.25, 0.3) is 0 Å². The van der Waals surface area contributed by atoms with Gasteiger partial charge in [-0.1, -0.05) is 13.3 Å². The molecule has 0 radical (unpaired) electrons. The lowest BCUT2D eigenvalue weighted by Crippen LogP contribution is -2.24. The van der Waals surface area contributed by atoms with Crippen molar-refractivity contribution < 1.29 is 4.79 Å². The summed E-state index contributed by atoms with van der Waals surface area (Å²) >= 11 is 4.12. The van der Waals surface area contributed by atoms with E-state index >= 15 is 0 Å². The van der Waals surface area contributed by atoms with Crippen LogP contribution in [0.5, 0.6) is 0 Å². The highest BCUT2D eigenvalue weighted by atomic mass is 32.1. The summed E-state index contributed by atoms with van der Waals surface area (Å²) in [5, 5.41) is 6.10. The average Bonchev–Trinajstić information content (AvgIpc) is 2.37. The fourth-order valence-corrected chi connectivity index (χ4v) is 1.53. The van der Waals surface area contributed by atoms with Crippen molar-refractivity contribution in [2.75, 3.05) is 24.2 Å². The molecule has 0 aromatic heterocycles. The number of carbonyl (C=O) groups excluding carboxylic acids is 1. The van der Waals surface area contributed by atoms with E-state index in [0.29, 0.717) is 5.56 Å². The van der Waals surface area contributed by atoms with Crippen LogP contribution in [0.3, 0.4) is 0 Å². The molecule has 3 nitrogen and oxygen atoms in total.